The van der Waals surface area contributed by atoms with Gasteiger partial charge in [-0.15, -0.1) is 0 Å². The molecule has 1 fully saturated rings. The third-order valence-electron chi connectivity index (χ3n) is 5.13. The molecule has 2 aromatic carbocycles. The van der Waals surface area contributed by atoms with Gasteiger partial charge < -0.3 is 15.0 Å². The van der Waals surface area contributed by atoms with Crippen LogP contribution in [0.2, 0.25) is 0 Å². The first-order chi connectivity index (χ1) is 12.7. The number of imidazole rings is 1. The average molecular weight is 349 g/mol. The summed E-state index contributed by atoms with van der Waals surface area (Å²) in [6.07, 6.45) is 3.68. The Balaban J connectivity index is 1.59. The normalized spacial score (nSPS) is 14.3. The monoisotopic (exact) mass is 349 g/mol. The van der Waals surface area contributed by atoms with Crippen molar-refractivity contribution in [1.29, 1.82) is 0 Å². The Labute approximate surface area is 152 Å². The van der Waals surface area contributed by atoms with E-state index in [1.54, 1.807) is 0 Å². The van der Waals surface area contributed by atoms with Gasteiger partial charge in [-0.05, 0) is 42.5 Å². The lowest BCUT2D eigenvalue weighted by Gasteiger charge is -2.32. The van der Waals surface area contributed by atoms with E-state index in [-0.39, 0.29) is 12.5 Å². The number of nitrogens with one attached hydrogen (secondary N) is 1. The Hall–Kier alpha value is -2.66. The number of H-pyrrole nitrogens is 1. The molecule has 5 heteroatoms. The fourth-order valence-corrected chi connectivity index (χ4v) is 3.46. The molecule has 1 amide bonds. The first-order valence-electron chi connectivity index (χ1n) is 9.15. The highest BCUT2D eigenvalue weighted by atomic mass is 16.3. The molecule has 0 spiro atoms. The van der Waals surface area contributed by atoms with Gasteiger partial charge in [0.1, 0.15) is 12.4 Å². The zero-order chi connectivity index (χ0) is 17.9. The number of aromatic amines is 1. The van der Waals surface area contributed by atoms with E-state index >= 15 is 0 Å². The van der Waals surface area contributed by atoms with E-state index in [0.29, 0.717) is 23.9 Å². The summed E-state index contributed by atoms with van der Waals surface area (Å²) in [6.45, 7) is 1.29. The predicted octanol–water partition coefficient (Wildman–Crippen LogP) is 3.50. The molecule has 4 rings (SSSR count). The summed E-state index contributed by atoms with van der Waals surface area (Å²) in [6, 6.07) is 15.6. The van der Waals surface area contributed by atoms with Crippen molar-refractivity contribution in [2.24, 2.45) is 5.92 Å². The van der Waals surface area contributed by atoms with E-state index in [0.717, 1.165) is 23.1 Å². The number of hydrogen-bond acceptors (Lipinski definition) is 3. The molecular weight excluding hydrogens is 326 g/mol. The lowest BCUT2D eigenvalue weighted by atomic mass is 9.85. The summed E-state index contributed by atoms with van der Waals surface area (Å²) in [7, 11) is 0. The van der Waals surface area contributed by atoms with E-state index in [4.69, 9.17) is 0 Å². The molecule has 0 radical (unpaired) electrons. The first kappa shape index (κ1) is 16.8. The number of carbonyl (C=O) groups excluding carboxylic acids is 1. The average Bonchev–Trinajstić information content (AvgIpc) is 3.06. The van der Waals surface area contributed by atoms with Gasteiger partial charge in [-0.3, -0.25) is 4.79 Å². The molecule has 1 aliphatic carbocycles. The van der Waals surface area contributed by atoms with Crippen LogP contribution in [0, 0.1) is 5.92 Å². The zero-order valence-electron chi connectivity index (χ0n) is 14.7. The minimum absolute atomic E-state index is 0.0443. The van der Waals surface area contributed by atoms with Gasteiger partial charge in [0.25, 0.3) is 5.91 Å². The number of rotatable bonds is 6. The Kier molecular flexibility index (Phi) is 4.71. The molecule has 1 heterocycles. The van der Waals surface area contributed by atoms with Crippen LogP contribution in [0.25, 0.3) is 11.0 Å². The van der Waals surface area contributed by atoms with Gasteiger partial charge in [0.05, 0.1) is 11.0 Å². The third-order valence-corrected chi connectivity index (χ3v) is 5.13. The Bertz CT molecular complexity index is 900. The van der Waals surface area contributed by atoms with E-state index in [2.05, 4.69) is 22.1 Å². The molecular formula is C21H23N3O2. The topological polar surface area (TPSA) is 69.2 Å². The lowest BCUT2D eigenvalue weighted by Crippen LogP contribution is -2.37. The molecule has 26 heavy (non-hydrogen) atoms. The van der Waals surface area contributed by atoms with Crippen LogP contribution in [0.5, 0.6) is 0 Å². The lowest BCUT2D eigenvalue weighted by molar-refractivity contribution is 0.0680. The summed E-state index contributed by atoms with van der Waals surface area (Å²) in [5, 5.41) is 9.23. The maximum absolute atomic E-state index is 13.2. The van der Waals surface area contributed by atoms with Crippen molar-refractivity contribution in [2.45, 2.75) is 32.4 Å². The van der Waals surface area contributed by atoms with E-state index < -0.39 is 0 Å². The van der Waals surface area contributed by atoms with Crippen molar-refractivity contribution < 1.29 is 9.90 Å². The first-order valence-corrected chi connectivity index (χ1v) is 9.15. The molecule has 0 saturated heterocycles. The van der Waals surface area contributed by atoms with Crippen molar-refractivity contribution >= 4 is 16.9 Å². The van der Waals surface area contributed by atoms with Crippen LogP contribution >= 0.6 is 0 Å². The van der Waals surface area contributed by atoms with E-state index in [9.17, 15) is 9.90 Å². The minimum atomic E-state index is -0.139. The molecule has 0 aliphatic heterocycles. The van der Waals surface area contributed by atoms with Crippen LogP contribution in [0.1, 0.15) is 41.0 Å². The number of aliphatic hydroxyl groups is 1. The standard InChI is InChI=1S/C21H23N3O2/c25-14-20-22-18-10-9-17(11-19(18)23-20)21(26)24(13-16-7-4-8-16)12-15-5-2-1-3-6-15/h1-3,5-6,9-11,16,25H,4,7-8,12-14H2,(H,22,23). The number of aliphatic hydroxyl groups excluding tert-OH is 1. The summed E-state index contributed by atoms with van der Waals surface area (Å²) in [5.74, 6) is 1.17. The molecule has 0 atom stereocenters. The summed E-state index contributed by atoms with van der Waals surface area (Å²) >= 11 is 0. The molecule has 0 bridgehead atoms. The number of fused-ring (bicyclic) bond motifs is 1. The van der Waals surface area contributed by atoms with Gasteiger partial charge in [-0.1, -0.05) is 36.8 Å². The molecule has 5 nitrogen and oxygen atoms in total. The smallest absolute Gasteiger partial charge is 0.254 e. The SMILES string of the molecule is O=C(c1ccc2nc(CO)[nH]c2c1)N(Cc1ccccc1)CC1CCC1. The van der Waals surface area contributed by atoms with Gasteiger partial charge >= 0.3 is 0 Å². The van der Waals surface area contributed by atoms with E-state index in [1.165, 1.54) is 19.3 Å². The van der Waals surface area contributed by atoms with Crippen molar-refractivity contribution in [3.05, 3.63) is 65.5 Å². The van der Waals surface area contributed by atoms with E-state index in [1.807, 2.05) is 41.3 Å². The quantitative estimate of drug-likeness (QED) is 0.716. The van der Waals surface area contributed by atoms with Crippen LogP contribution in [-0.2, 0) is 13.2 Å². The number of aromatic nitrogens is 2. The summed E-state index contributed by atoms with van der Waals surface area (Å²) in [5.41, 5.74) is 3.34. The maximum Gasteiger partial charge on any atom is 0.254 e. The molecule has 1 aliphatic rings. The third kappa shape index (κ3) is 3.48. The van der Waals surface area contributed by atoms with Crippen LogP contribution in [-0.4, -0.2) is 32.4 Å². The molecule has 1 saturated carbocycles. The van der Waals surface area contributed by atoms with Crippen molar-refractivity contribution in [3.63, 3.8) is 0 Å². The van der Waals surface area contributed by atoms with Gasteiger partial charge in [0.2, 0.25) is 0 Å². The molecule has 0 unspecified atom stereocenters. The van der Waals surface area contributed by atoms with Crippen molar-refractivity contribution in [3.8, 4) is 0 Å². The highest BCUT2D eigenvalue weighted by Gasteiger charge is 2.25. The highest BCUT2D eigenvalue weighted by molar-refractivity contribution is 5.97. The van der Waals surface area contributed by atoms with Gasteiger partial charge in [-0.2, -0.15) is 0 Å². The second kappa shape index (κ2) is 7.30. The molecule has 2 N–H and O–H groups in total. The zero-order valence-corrected chi connectivity index (χ0v) is 14.7. The number of benzene rings is 2. The van der Waals surface area contributed by atoms with Crippen LogP contribution < -0.4 is 0 Å². The van der Waals surface area contributed by atoms with Crippen LogP contribution in [0.4, 0.5) is 0 Å². The molecule has 1 aromatic heterocycles. The van der Waals surface area contributed by atoms with Crippen LogP contribution in [0.15, 0.2) is 48.5 Å². The van der Waals surface area contributed by atoms with Crippen molar-refractivity contribution in [2.75, 3.05) is 6.54 Å². The van der Waals surface area contributed by atoms with Crippen molar-refractivity contribution in [1.82, 2.24) is 14.9 Å². The fourth-order valence-electron chi connectivity index (χ4n) is 3.46. The Morgan fingerprint density at radius 2 is 2.00 bits per heavy atom. The predicted molar refractivity (Wildman–Crippen MR) is 101 cm³/mol. The number of carbonyl (C=O) groups is 1. The van der Waals surface area contributed by atoms with Gasteiger partial charge in [0, 0.05) is 18.7 Å². The molecule has 3 aromatic rings. The second-order valence-corrected chi connectivity index (χ2v) is 7.04. The minimum Gasteiger partial charge on any atom is -0.388 e. The summed E-state index contributed by atoms with van der Waals surface area (Å²) in [4.78, 5) is 22.5. The number of nitrogens with zero attached hydrogens (tertiary/aromatic N) is 2. The molecule has 134 valence electrons. The van der Waals surface area contributed by atoms with Gasteiger partial charge in [0.15, 0.2) is 0 Å². The van der Waals surface area contributed by atoms with Crippen LogP contribution in [0.3, 0.4) is 0 Å². The largest absolute Gasteiger partial charge is 0.388 e. The summed E-state index contributed by atoms with van der Waals surface area (Å²) < 4.78 is 0. The Morgan fingerprint density at radius 1 is 1.19 bits per heavy atom. The highest BCUT2D eigenvalue weighted by Crippen LogP contribution is 2.28. The number of hydrogen-bond donors (Lipinski definition) is 2. The fraction of sp³-hybridized carbons (Fsp3) is 0.333. The maximum atomic E-state index is 13.2. The second-order valence-electron chi connectivity index (χ2n) is 7.04. The number of amides is 1. The van der Waals surface area contributed by atoms with Gasteiger partial charge in [-0.25, -0.2) is 4.98 Å². The Morgan fingerprint density at radius 3 is 2.69 bits per heavy atom.